The normalized spacial score (nSPS) is 24.4. The van der Waals surface area contributed by atoms with E-state index < -0.39 is 0 Å². The summed E-state index contributed by atoms with van der Waals surface area (Å²) in [5.74, 6) is 0.131. The maximum Gasteiger partial charge on any atom is 0.251 e. The van der Waals surface area contributed by atoms with E-state index in [1.807, 2.05) is 17.9 Å². The molecule has 1 N–H and O–H groups in total. The van der Waals surface area contributed by atoms with Gasteiger partial charge in [-0.15, -0.1) is 19.0 Å². The number of carbonyl (C=O) groups is 1. The molecule has 0 bridgehead atoms. The quantitative estimate of drug-likeness (QED) is 0.584. The van der Waals surface area contributed by atoms with Gasteiger partial charge in [-0.2, -0.15) is 0 Å². The maximum absolute atomic E-state index is 12.3. The van der Waals surface area contributed by atoms with Gasteiger partial charge in [-0.05, 0) is 19.8 Å². The van der Waals surface area contributed by atoms with Crippen LogP contribution in [0, 0.1) is 0 Å². The Bertz CT molecular complexity index is 335. The van der Waals surface area contributed by atoms with Gasteiger partial charge in [0, 0.05) is 45.3 Å². The van der Waals surface area contributed by atoms with E-state index in [0.29, 0.717) is 12.6 Å². The lowest BCUT2D eigenvalue weighted by Crippen LogP contribution is -2.49. The number of nitrogens with zero attached hydrogens (tertiary/aromatic N) is 2. The van der Waals surface area contributed by atoms with Crippen molar-refractivity contribution in [2.75, 3.05) is 45.9 Å². The molecule has 2 aliphatic rings. The number of nitrogens with one attached hydrogen (secondary N) is 1. The molecule has 2 atom stereocenters. The highest BCUT2D eigenvalue weighted by Crippen LogP contribution is 2.17. The van der Waals surface area contributed by atoms with Crippen LogP contribution in [-0.4, -0.2) is 73.7 Å². The second kappa shape index (κ2) is 9.41. The minimum atomic E-state index is -0.336. The molecular weight excluding hydrogens is 290 g/mol. The Morgan fingerprint density at radius 3 is 2.81 bits per heavy atom. The zero-order chi connectivity index (χ0) is 14.4. The highest BCUT2D eigenvalue weighted by atomic mass is 35.5. The third-order valence-corrected chi connectivity index (χ3v) is 4.18. The van der Waals surface area contributed by atoms with E-state index in [1.54, 1.807) is 0 Å². The first-order chi connectivity index (χ1) is 9.72. The minimum absolute atomic E-state index is 0. The number of rotatable bonds is 6. The van der Waals surface area contributed by atoms with Crippen molar-refractivity contribution in [3.8, 4) is 0 Å². The Balaban J connectivity index is 0.00000220. The molecule has 0 radical (unpaired) electrons. The number of halogens is 1. The second-order valence-electron chi connectivity index (χ2n) is 5.60. The van der Waals surface area contributed by atoms with Gasteiger partial charge in [-0.1, -0.05) is 6.08 Å². The van der Waals surface area contributed by atoms with Gasteiger partial charge in [0.2, 0.25) is 0 Å². The largest absolute Gasteiger partial charge is 0.368 e. The predicted molar refractivity (Wildman–Crippen MR) is 86.9 cm³/mol. The molecule has 21 heavy (non-hydrogen) atoms. The summed E-state index contributed by atoms with van der Waals surface area (Å²) >= 11 is 0. The van der Waals surface area contributed by atoms with Gasteiger partial charge in [0.15, 0.2) is 0 Å². The first-order valence-corrected chi connectivity index (χ1v) is 7.68. The van der Waals surface area contributed by atoms with Crippen LogP contribution in [0.2, 0.25) is 0 Å². The molecule has 0 saturated carbocycles. The third-order valence-electron chi connectivity index (χ3n) is 4.18. The van der Waals surface area contributed by atoms with Crippen molar-refractivity contribution >= 4 is 18.3 Å². The van der Waals surface area contributed by atoms with E-state index in [2.05, 4.69) is 16.8 Å². The lowest BCUT2D eigenvalue weighted by Gasteiger charge is -2.32. The van der Waals surface area contributed by atoms with Crippen LogP contribution in [0.4, 0.5) is 0 Å². The Morgan fingerprint density at radius 1 is 1.43 bits per heavy atom. The minimum Gasteiger partial charge on any atom is -0.368 e. The number of hydrogen-bond donors (Lipinski definition) is 1. The summed E-state index contributed by atoms with van der Waals surface area (Å²) in [4.78, 5) is 16.8. The number of hydrogen-bond acceptors (Lipinski definition) is 4. The van der Waals surface area contributed by atoms with Crippen LogP contribution in [0.5, 0.6) is 0 Å². The summed E-state index contributed by atoms with van der Waals surface area (Å²) in [6.45, 7) is 12.1. The SMILES string of the molecule is C=CCCOC(C)C(=O)N1CCC(N2CCNCC2)C1.Cl. The highest BCUT2D eigenvalue weighted by Gasteiger charge is 2.32. The molecule has 0 aromatic carbocycles. The van der Waals surface area contributed by atoms with Crippen molar-refractivity contribution in [1.29, 1.82) is 0 Å². The molecule has 1 amide bonds. The summed E-state index contributed by atoms with van der Waals surface area (Å²) in [5.41, 5.74) is 0. The van der Waals surface area contributed by atoms with Gasteiger partial charge >= 0.3 is 0 Å². The van der Waals surface area contributed by atoms with E-state index in [9.17, 15) is 4.79 Å². The monoisotopic (exact) mass is 317 g/mol. The van der Waals surface area contributed by atoms with Crippen LogP contribution in [0.3, 0.4) is 0 Å². The van der Waals surface area contributed by atoms with Gasteiger partial charge in [0.1, 0.15) is 6.10 Å². The molecule has 2 heterocycles. The number of piperazine rings is 1. The van der Waals surface area contributed by atoms with Crippen molar-refractivity contribution in [2.45, 2.75) is 31.9 Å². The molecule has 0 aromatic heterocycles. The van der Waals surface area contributed by atoms with Gasteiger partial charge in [-0.3, -0.25) is 9.69 Å². The second-order valence-corrected chi connectivity index (χ2v) is 5.60. The Hall–Kier alpha value is -0.620. The third kappa shape index (κ3) is 5.25. The molecule has 0 aliphatic carbocycles. The lowest BCUT2D eigenvalue weighted by atomic mass is 10.2. The number of amides is 1. The molecule has 5 nitrogen and oxygen atoms in total. The number of carbonyl (C=O) groups excluding carboxylic acids is 1. The average molecular weight is 318 g/mol. The summed E-state index contributed by atoms with van der Waals surface area (Å²) in [7, 11) is 0. The van der Waals surface area contributed by atoms with Crippen LogP contribution >= 0.6 is 12.4 Å². The van der Waals surface area contributed by atoms with Crippen molar-refractivity contribution in [1.82, 2.24) is 15.1 Å². The molecule has 2 aliphatic heterocycles. The first kappa shape index (κ1) is 18.4. The van der Waals surface area contributed by atoms with Gasteiger partial charge in [-0.25, -0.2) is 0 Å². The Labute approximate surface area is 134 Å². The fourth-order valence-electron chi connectivity index (χ4n) is 2.94. The molecule has 122 valence electrons. The van der Waals surface area contributed by atoms with Crippen molar-refractivity contribution in [3.63, 3.8) is 0 Å². The molecule has 2 fully saturated rings. The average Bonchev–Trinajstić information content (AvgIpc) is 2.97. The first-order valence-electron chi connectivity index (χ1n) is 7.68. The van der Waals surface area contributed by atoms with Gasteiger partial charge < -0.3 is 15.0 Å². The molecular formula is C15H28ClN3O2. The van der Waals surface area contributed by atoms with Gasteiger partial charge in [0.05, 0.1) is 6.61 Å². The summed E-state index contributed by atoms with van der Waals surface area (Å²) in [5, 5.41) is 3.37. The lowest BCUT2D eigenvalue weighted by molar-refractivity contribution is -0.141. The summed E-state index contributed by atoms with van der Waals surface area (Å²) in [6, 6.07) is 0.529. The highest BCUT2D eigenvalue weighted by molar-refractivity contribution is 5.85. The maximum atomic E-state index is 12.3. The molecule has 6 heteroatoms. The fourth-order valence-corrected chi connectivity index (χ4v) is 2.94. The summed E-state index contributed by atoms with van der Waals surface area (Å²) in [6.07, 6.45) is 3.36. The number of likely N-dealkylation sites (tertiary alicyclic amines) is 1. The van der Waals surface area contributed by atoms with E-state index >= 15 is 0 Å². The molecule has 2 saturated heterocycles. The Kier molecular flexibility index (Phi) is 8.26. The van der Waals surface area contributed by atoms with Crippen LogP contribution in [0.15, 0.2) is 12.7 Å². The predicted octanol–water partition coefficient (Wildman–Crippen LogP) is 0.895. The van der Waals surface area contributed by atoms with Crippen LogP contribution in [0.1, 0.15) is 19.8 Å². The van der Waals surface area contributed by atoms with Crippen molar-refractivity contribution in [3.05, 3.63) is 12.7 Å². The summed E-state index contributed by atoms with van der Waals surface area (Å²) < 4.78 is 5.55. The molecule has 2 unspecified atom stereocenters. The van der Waals surface area contributed by atoms with Crippen molar-refractivity contribution in [2.24, 2.45) is 0 Å². The molecule has 0 aromatic rings. The topological polar surface area (TPSA) is 44.8 Å². The van der Waals surface area contributed by atoms with Crippen LogP contribution in [-0.2, 0) is 9.53 Å². The zero-order valence-electron chi connectivity index (χ0n) is 12.9. The van der Waals surface area contributed by atoms with Crippen LogP contribution in [0.25, 0.3) is 0 Å². The fraction of sp³-hybridized carbons (Fsp3) is 0.800. The van der Waals surface area contributed by atoms with E-state index in [-0.39, 0.29) is 24.4 Å². The van der Waals surface area contributed by atoms with E-state index in [0.717, 1.165) is 52.1 Å². The smallest absolute Gasteiger partial charge is 0.251 e. The van der Waals surface area contributed by atoms with E-state index in [1.165, 1.54) is 0 Å². The van der Waals surface area contributed by atoms with Crippen LogP contribution < -0.4 is 5.32 Å². The zero-order valence-corrected chi connectivity index (χ0v) is 13.7. The van der Waals surface area contributed by atoms with Crippen molar-refractivity contribution < 1.29 is 9.53 Å². The molecule has 2 rings (SSSR count). The van der Waals surface area contributed by atoms with E-state index in [4.69, 9.17) is 4.74 Å². The molecule has 0 spiro atoms. The number of ether oxygens (including phenoxy) is 1. The standard InChI is InChI=1S/C15H27N3O2.ClH/c1-3-4-11-20-13(2)15(19)18-8-5-14(12-18)17-9-6-16-7-10-17;/h3,13-14,16H,1,4-12H2,2H3;1H. The van der Waals surface area contributed by atoms with Gasteiger partial charge in [0.25, 0.3) is 5.91 Å². The Morgan fingerprint density at radius 2 is 2.14 bits per heavy atom.